The van der Waals surface area contributed by atoms with Crippen LogP contribution in [0.3, 0.4) is 0 Å². The van der Waals surface area contributed by atoms with Crippen LogP contribution in [0.15, 0.2) is 47.6 Å². The largest absolute Gasteiger partial charge is 0.295 e. The molecule has 0 fully saturated rings. The van der Waals surface area contributed by atoms with Gasteiger partial charge < -0.3 is 0 Å². The van der Waals surface area contributed by atoms with Crippen molar-refractivity contribution in [1.29, 1.82) is 0 Å². The normalized spacial score (nSPS) is 10.7. The first kappa shape index (κ1) is 11.9. The molecule has 90 valence electrons. The Morgan fingerprint density at radius 2 is 2.17 bits per heavy atom. The molecule has 0 unspecified atom stereocenters. The van der Waals surface area contributed by atoms with Crippen molar-refractivity contribution in [3.8, 4) is 0 Å². The van der Waals surface area contributed by atoms with Crippen LogP contribution in [0, 0.1) is 17.0 Å². The van der Waals surface area contributed by atoms with E-state index in [0.717, 1.165) is 5.56 Å². The van der Waals surface area contributed by atoms with E-state index in [1.807, 2.05) is 6.07 Å². The minimum absolute atomic E-state index is 0.00202. The average molecular weight is 241 g/mol. The van der Waals surface area contributed by atoms with Gasteiger partial charge in [-0.15, -0.1) is 0 Å². The van der Waals surface area contributed by atoms with E-state index < -0.39 is 4.92 Å². The van der Waals surface area contributed by atoms with Gasteiger partial charge in [0.15, 0.2) is 0 Å². The molecule has 0 saturated heterocycles. The van der Waals surface area contributed by atoms with Crippen LogP contribution in [0.5, 0.6) is 0 Å². The van der Waals surface area contributed by atoms with Gasteiger partial charge in [-0.1, -0.05) is 12.1 Å². The molecule has 1 aromatic heterocycles. The first-order valence-electron chi connectivity index (χ1n) is 5.37. The number of aliphatic imine (C=N–C) groups is 1. The molecule has 2 aromatic rings. The average Bonchev–Trinajstić information content (AvgIpc) is 2.38. The predicted molar refractivity (Wildman–Crippen MR) is 69.3 cm³/mol. The summed E-state index contributed by atoms with van der Waals surface area (Å²) in [5.74, 6) is 0. The van der Waals surface area contributed by atoms with Crippen molar-refractivity contribution in [2.75, 3.05) is 0 Å². The fraction of sp³-hybridized carbons (Fsp3) is 0.0769. The third-order valence-electron chi connectivity index (χ3n) is 2.35. The van der Waals surface area contributed by atoms with Gasteiger partial charge in [-0.3, -0.25) is 15.1 Å². The summed E-state index contributed by atoms with van der Waals surface area (Å²) in [4.78, 5) is 18.6. The smallest absolute Gasteiger partial charge is 0.258 e. The number of benzene rings is 1. The van der Waals surface area contributed by atoms with Gasteiger partial charge in [0, 0.05) is 12.3 Å². The lowest BCUT2D eigenvalue weighted by Crippen LogP contribution is -1.90. The fourth-order valence-corrected chi connectivity index (χ4v) is 1.48. The van der Waals surface area contributed by atoms with Crippen LogP contribution in [0.4, 0.5) is 11.4 Å². The van der Waals surface area contributed by atoms with Crippen LogP contribution in [-0.4, -0.2) is 16.1 Å². The molecule has 0 radical (unpaired) electrons. The van der Waals surface area contributed by atoms with Crippen molar-refractivity contribution in [3.05, 3.63) is 64.0 Å². The maximum Gasteiger partial charge on any atom is 0.295 e. The standard InChI is InChI=1S/C13H11N3O2/c1-10-5-6-12(13(8-10)16(17)18)15-9-11-4-2-3-7-14-11/h2-9H,1H3. The van der Waals surface area contributed by atoms with E-state index in [0.29, 0.717) is 11.4 Å². The van der Waals surface area contributed by atoms with E-state index in [1.165, 1.54) is 12.3 Å². The Labute approximate surface area is 104 Å². The van der Waals surface area contributed by atoms with Crippen molar-refractivity contribution in [1.82, 2.24) is 4.98 Å². The number of rotatable bonds is 3. The van der Waals surface area contributed by atoms with Crippen LogP contribution < -0.4 is 0 Å². The van der Waals surface area contributed by atoms with Crippen LogP contribution in [-0.2, 0) is 0 Å². The molecule has 0 N–H and O–H groups in total. The number of nitro benzene ring substituents is 1. The first-order valence-corrected chi connectivity index (χ1v) is 5.37. The SMILES string of the molecule is Cc1ccc(N=Cc2ccccn2)c([N+](=O)[O-])c1. The van der Waals surface area contributed by atoms with E-state index in [9.17, 15) is 10.1 Å². The quantitative estimate of drug-likeness (QED) is 0.471. The highest BCUT2D eigenvalue weighted by molar-refractivity contribution is 5.81. The summed E-state index contributed by atoms with van der Waals surface area (Å²) in [6, 6.07) is 10.3. The van der Waals surface area contributed by atoms with Crippen molar-refractivity contribution < 1.29 is 4.92 Å². The van der Waals surface area contributed by atoms with Crippen molar-refractivity contribution in [3.63, 3.8) is 0 Å². The lowest BCUT2D eigenvalue weighted by molar-refractivity contribution is -0.384. The number of aromatic nitrogens is 1. The van der Waals surface area contributed by atoms with E-state index in [2.05, 4.69) is 9.98 Å². The predicted octanol–water partition coefficient (Wildman–Crippen LogP) is 3.05. The van der Waals surface area contributed by atoms with Gasteiger partial charge in [0.2, 0.25) is 0 Å². The lowest BCUT2D eigenvalue weighted by atomic mass is 10.2. The molecule has 5 nitrogen and oxygen atoms in total. The Bertz CT molecular complexity index is 594. The monoisotopic (exact) mass is 241 g/mol. The molecule has 0 aliphatic heterocycles. The number of nitro groups is 1. The van der Waals surface area contributed by atoms with Crippen molar-refractivity contribution >= 4 is 17.6 Å². The van der Waals surface area contributed by atoms with Crippen LogP contribution in [0.2, 0.25) is 0 Å². The van der Waals surface area contributed by atoms with Crippen LogP contribution in [0.25, 0.3) is 0 Å². The Kier molecular flexibility index (Phi) is 3.43. The third kappa shape index (κ3) is 2.76. The number of hydrogen-bond donors (Lipinski definition) is 0. The van der Waals surface area contributed by atoms with Crippen molar-refractivity contribution in [2.45, 2.75) is 6.92 Å². The zero-order valence-electron chi connectivity index (χ0n) is 9.78. The molecule has 0 amide bonds. The molecule has 0 bridgehead atoms. The van der Waals surface area contributed by atoms with Crippen LogP contribution in [0.1, 0.15) is 11.3 Å². The Morgan fingerprint density at radius 1 is 1.33 bits per heavy atom. The second-order valence-electron chi connectivity index (χ2n) is 3.76. The Morgan fingerprint density at radius 3 is 2.83 bits per heavy atom. The molecule has 1 heterocycles. The number of nitrogens with zero attached hydrogens (tertiary/aromatic N) is 3. The minimum atomic E-state index is -0.432. The molecule has 1 aromatic carbocycles. The van der Waals surface area contributed by atoms with Crippen LogP contribution >= 0.6 is 0 Å². The first-order chi connectivity index (χ1) is 8.66. The molecule has 0 spiro atoms. The molecular formula is C13H11N3O2. The number of pyridine rings is 1. The molecule has 0 saturated carbocycles. The van der Waals surface area contributed by atoms with Gasteiger partial charge in [0.25, 0.3) is 5.69 Å². The molecule has 18 heavy (non-hydrogen) atoms. The van der Waals surface area contributed by atoms with E-state index in [1.54, 1.807) is 37.4 Å². The molecule has 0 aliphatic carbocycles. The molecule has 2 rings (SSSR count). The Hall–Kier alpha value is -2.56. The topological polar surface area (TPSA) is 68.4 Å². The fourth-order valence-electron chi connectivity index (χ4n) is 1.48. The summed E-state index contributed by atoms with van der Waals surface area (Å²) < 4.78 is 0. The second kappa shape index (κ2) is 5.18. The molecule has 5 heteroatoms. The summed E-state index contributed by atoms with van der Waals surface area (Å²) in [6.07, 6.45) is 3.16. The molecular weight excluding hydrogens is 230 g/mol. The molecule has 0 atom stereocenters. The zero-order chi connectivity index (χ0) is 13.0. The summed E-state index contributed by atoms with van der Waals surface area (Å²) in [5, 5.41) is 10.9. The number of aryl methyl sites for hydroxylation is 1. The second-order valence-corrected chi connectivity index (χ2v) is 3.76. The van der Waals surface area contributed by atoms with Gasteiger partial charge in [-0.2, -0.15) is 0 Å². The zero-order valence-corrected chi connectivity index (χ0v) is 9.78. The molecule has 0 aliphatic rings. The van der Waals surface area contributed by atoms with E-state index in [-0.39, 0.29) is 5.69 Å². The highest BCUT2D eigenvalue weighted by Crippen LogP contribution is 2.27. The highest BCUT2D eigenvalue weighted by atomic mass is 16.6. The van der Waals surface area contributed by atoms with Gasteiger partial charge in [-0.25, -0.2) is 4.99 Å². The number of hydrogen-bond acceptors (Lipinski definition) is 4. The Balaban J connectivity index is 2.35. The van der Waals surface area contributed by atoms with Gasteiger partial charge in [0.05, 0.1) is 16.8 Å². The lowest BCUT2D eigenvalue weighted by Gasteiger charge is -1.98. The van der Waals surface area contributed by atoms with Gasteiger partial charge in [-0.05, 0) is 30.7 Å². The minimum Gasteiger partial charge on any atom is -0.258 e. The summed E-state index contributed by atoms with van der Waals surface area (Å²) in [5.41, 5.74) is 1.82. The summed E-state index contributed by atoms with van der Waals surface area (Å²) in [7, 11) is 0. The van der Waals surface area contributed by atoms with Crippen molar-refractivity contribution in [2.24, 2.45) is 4.99 Å². The summed E-state index contributed by atoms with van der Waals surface area (Å²) >= 11 is 0. The third-order valence-corrected chi connectivity index (χ3v) is 2.35. The van der Waals surface area contributed by atoms with Gasteiger partial charge >= 0.3 is 0 Å². The maximum atomic E-state index is 10.9. The summed E-state index contributed by atoms with van der Waals surface area (Å²) in [6.45, 7) is 1.80. The van der Waals surface area contributed by atoms with E-state index >= 15 is 0 Å². The highest BCUT2D eigenvalue weighted by Gasteiger charge is 2.12. The van der Waals surface area contributed by atoms with E-state index in [4.69, 9.17) is 0 Å². The maximum absolute atomic E-state index is 10.9. The van der Waals surface area contributed by atoms with Gasteiger partial charge in [0.1, 0.15) is 5.69 Å².